The average molecular weight is 415 g/mol. The first-order valence-corrected chi connectivity index (χ1v) is 9.32. The third-order valence-electron chi connectivity index (χ3n) is 4.42. The van der Waals surface area contributed by atoms with E-state index in [1.54, 1.807) is 51.1 Å². The van der Waals surface area contributed by atoms with Crippen LogP contribution in [0, 0.1) is 13.8 Å². The quantitative estimate of drug-likeness (QED) is 0.371. The lowest BCUT2D eigenvalue weighted by atomic mass is 10.1. The highest BCUT2D eigenvalue weighted by molar-refractivity contribution is 6.29. The van der Waals surface area contributed by atoms with Gasteiger partial charge in [0.15, 0.2) is 6.61 Å². The van der Waals surface area contributed by atoms with E-state index in [0.29, 0.717) is 33.1 Å². The number of aromatic nitrogens is 2. The molecule has 2 heterocycles. The van der Waals surface area contributed by atoms with Gasteiger partial charge >= 0.3 is 11.9 Å². The molecule has 2 aromatic heterocycles. The topological polar surface area (TPSA) is 98.4 Å². The number of ether oxygens (including phenoxy) is 2. The Labute approximate surface area is 172 Å². The number of halogens is 1. The second kappa shape index (κ2) is 8.45. The van der Waals surface area contributed by atoms with Gasteiger partial charge in [-0.1, -0.05) is 11.6 Å². The zero-order valence-electron chi connectivity index (χ0n) is 16.2. The predicted molar refractivity (Wildman–Crippen MR) is 108 cm³/mol. The van der Waals surface area contributed by atoms with Gasteiger partial charge in [-0.05, 0) is 56.7 Å². The number of carbonyl (C=O) groups excluding carboxylic acids is 3. The molecule has 0 amide bonds. The molecule has 0 aliphatic heterocycles. The molecule has 1 N–H and O–H groups in total. The summed E-state index contributed by atoms with van der Waals surface area (Å²) < 4.78 is 10.2. The van der Waals surface area contributed by atoms with Gasteiger partial charge in [0, 0.05) is 16.6 Å². The highest BCUT2D eigenvalue weighted by Gasteiger charge is 2.23. The molecule has 0 aliphatic carbocycles. The summed E-state index contributed by atoms with van der Waals surface area (Å²) in [4.78, 5) is 43.9. The Morgan fingerprint density at radius 3 is 2.55 bits per heavy atom. The summed E-state index contributed by atoms with van der Waals surface area (Å²) in [7, 11) is 0. The summed E-state index contributed by atoms with van der Waals surface area (Å²) in [6.07, 6.45) is 0. The molecule has 0 aliphatic rings. The highest BCUT2D eigenvalue weighted by Crippen LogP contribution is 2.21. The number of ketones is 1. The molecule has 0 saturated carbocycles. The van der Waals surface area contributed by atoms with E-state index >= 15 is 0 Å². The Balaban J connectivity index is 1.73. The molecule has 0 atom stereocenters. The van der Waals surface area contributed by atoms with E-state index in [1.807, 2.05) is 0 Å². The number of hydrogen-bond acceptors (Lipinski definition) is 6. The van der Waals surface area contributed by atoms with Crippen molar-refractivity contribution in [2.75, 3.05) is 13.2 Å². The number of esters is 2. The van der Waals surface area contributed by atoms with Crippen LogP contribution in [0.15, 0.2) is 30.3 Å². The normalized spacial score (nSPS) is 10.8. The van der Waals surface area contributed by atoms with Gasteiger partial charge in [-0.3, -0.25) is 4.79 Å². The third kappa shape index (κ3) is 4.30. The number of aryl methyl sites for hydroxylation is 1. The Bertz CT molecular complexity index is 1120. The zero-order valence-corrected chi connectivity index (χ0v) is 16.9. The second-order valence-electron chi connectivity index (χ2n) is 6.39. The van der Waals surface area contributed by atoms with E-state index in [9.17, 15) is 14.4 Å². The molecule has 0 radical (unpaired) electrons. The number of H-pyrrole nitrogens is 1. The Kier molecular flexibility index (Phi) is 5.98. The fourth-order valence-electron chi connectivity index (χ4n) is 3.09. The van der Waals surface area contributed by atoms with Crippen LogP contribution in [0.1, 0.15) is 49.4 Å². The minimum atomic E-state index is -0.633. The van der Waals surface area contributed by atoms with E-state index in [1.165, 1.54) is 0 Å². The molecule has 0 spiro atoms. The number of carbonyl (C=O) groups is 3. The summed E-state index contributed by atoms with van der Waals surface area (Å²) in [6, 6.07) is 8.21. The number of fused-ring (bicyclic) bond motifs is 1. The first kappa shape index (κ1) is 20.5. The van der Waals surface area contributed by atoms with Gasteiger partial charge in [0.2, 0.25) is 5.78 Å². The highest BCUT2D eigenvalue weighted by atomic mass is 35.5. The molecular formula is C21H19ClN2O5. The van der Waals surface area contributed by atoms with E-state index in [-0.39, 0.29) is 12.3 Å². The van der Waals surface area contributed by atoms with Crippen molar-refractivity contribution in [1.29, 1.82) is 0 Å². The van der Waals surface area contributed by atoms with Crippen molar-refractivity contribution in [2.24, 2.45) is 0 Å². The molecule has 0 unspecified atom stereocenters. The van der Waals surface area contributed by atoms with E-state index < -0.39 is 24.3 Å². The van der Waals surface area contributed by atoms with Crippen LogP contribution in [0.25, 0.3) is 10.9 Å². The number of aromatic amines is 1. The largest absolute Gasteiger partial charge is 0.461 e. The summed E-state index contributed by atoms with van der Waals surface area (Å²) in [5, 5.41) is 1.09. The van der Waals surface area contributed by atoms with Crippen LogP contribution >= 0.6 is 11.6 Å². The van der Waals surface area contributed by atoms with E-state index in [2.05, 4.69) is 9.97 Å². The van der Waals surface area contributed by atoms with Gasteiger partial charge in [0.25, 0.3) is 0 Å². The molecule has 8 heteroatoms. The number of Topliss-reactive ketones (excluding diaryl/α,β-unsaturated/α-hetero) is 1. The van der Waals surface area contributed by atoms with Crippen molar-refractivity contribution < 1.29 is 23.9 Å². The fourth-order valence-corrected chi connectivity index (χ4v) is 3.24. The van der Waals surface area contributed by atoms with Gasteiger partial charge < -0.3 is 14.5 Å². The van der Waals surface area contributed by atoms with Crippen molar-refractivity contribution in [1.82, 2.24) is 9.97 Å². The maximum absolute atomic E-state index is 12.6. The van der Waals surface area contributed by atoms with Crippen molar-refractivity contribution >= 4 is 40.2 Å². The molecule has 7 nitrogen and oxygen atoms in total. The lowest BCUT2D eigenvalue weighted by Gasteiger charge is -2.06. The second-order valence-corrected chi connectivity index (χ2v) is 6.77. The number of rotatable bonds is 6. The standard InChI is InChI=1S/C21H19ClN2O5/c1-4-28-21(27)19-11(2)18(12(3)23-19)16(25)10-29-20(26)14-5-7-15-13(9-14)6-8-17(22)24-15/h5-9,23H,4,10H2,1-3H3. The van der Waals surface area contributed by atoms with Gasteiger partial charge in [0.05, 0.1) is 17.7 Å². The Hall–Kier alpha value is -3.19. The van der Waals surface area contributed by atoms with Crippen LogP contribution in [-0.4, -0.2) is 40.9 Å². The zero-order chi connectivity index (χ0) is 21.1. The van der Waals surface area contributed by atoms with Crippen molar-refractivity contribution in [3.05, 3.63) is 63.6 Å². The summed E-state index contributed by atoms with van der Waals surface area (Å²) in [6.45, 7) is 4.80. The lowest BCUT2D eigenvalue weighted by Crippen LogP contribution is -2.15. The Morgan fingerprint density at radius 1 is 1.07 bits per heavy atom. The van der Waals surface area contributed by atoms with Gasteiger partial charge in [-0.15, -0.1) is 0 Å². The summed E-state index contributed by atoms with van der Waals surface area (Å²) in [5.41, 5.74) is 2.47. The van der Waals surface area contributed by atoms with Crippen LogP contribution < -0.4 is 0 Å². The summed E-state index contributed by atoms with van der Waals surface area (Å²) in [5.74, 6) is -1.57. The smallest absolute Gasteiger partial charge is 0.355 e. The maximum atomic E-state index is 12.6. The minimum absolute atomic E-state index is 0.222. The van der Waals surface area contributed by atoms with Gasteiger partial charge in [0.1, 0.15) is 10.8 Å². The molecule has 1 aromatic carbocycles. The first-order valence-electron chi connectivity index (χ1n) is 8.94. The number of nitrogens with zero attached hydrogens (tertiary/aromatic N) is 1. The molecule has 0 saturated heterocycles. The number of pyridine rings is 1. The minimum Gasteiger partial charge on any atom is -0.461 e. The van der Waals surface area contributed by atoms with Crippen LogP contribution in [0.3, 0.4) is 0 Å². The van der Waals surface area contributed by atoms with Crippen LogP contribution in [0.5, 0.6) is 0 Å². The molecule has 0 bridgehead atoms. The van der Waals surface area contributed by atoms with Crippen LogP contribution in [0.4, 0.5) is 0 Å². The van der Waals surface area contributed by atoms with Gasteiger partial charge in [-0.25, -0.2) is 14.6 Å². The number of nitrogens with one attached hydrogen (secondary N) is 1. The predicted octanol–water partition coefficient (Wildman–Crippen LogP) is 4.05. The fraction of sp³-hybridized carbons (Fsp3) is 0.238. The monoisotopic (exact) mass is 414 g/mol. The lowest BCUT2D eigenvalue weighted by molar-refractivity contribution is 0.0473. The van der Waals surface area contributed by atoms with Crippen LogP contribution in [-0.2, 0) is 9.47 Å². The SMILES string of the molecule is CCOC(=O)c1[nH]c(C)c(C(=O)COC(=O)c2ccc3nc(Cl)ccc3c2)c1C. The molecule has 29 heavy (non-hydrogen) atoms. The number of benzene rings is 1. The third-order valence-corrected chi connectivity index (χ3v) is 4.63. The van der Waals surface area contributed by atoms with E-state index in [4.69, 9.17) is 21.1 Å². The molecule has 3 rings (SSSR count). The first-order chi connectivity index (χ1) is 13.8. The van der Waals surface area contributed by atoms with Crippen molar-refractivity contribution in [3.63, 3.8) is 0 Å². The Morgan fingerprint density at radius 2 is 1.83 bits per heavy atom. The van der Waals surface area contributed by atoms with Gasteiger partial charge in [-0.2, -0.15) is 0 Å². The van der Waals surface area contributed by atoms with Crippen molar-refractivity contribution in [2.45, 2.75) is 20.8 Å². The maximum Gasteiger partial charge on any atom is 0.355 e. The van der Waals surface area contributed by atoms with Crippen molar-refractivity contribution in [3.8, 4) is 0 Å². The van der Waals surface area contributed by atoms with Crippen LogP contribution in [0.2, 0.25) is 5.15 Å². The molecule has 150 valence electrons. The molecule has 3 aromatic rings. The molecule has 0 fully saturated rings. The average Bonchev–Trinajstić information content (AvgIpc) is 2.99. The summed E-state index contributed by atoms with van der Waals surface area (Å²) >= 11 is 5.86. The number of hydrogen-bond donors (Lipinski definition) is 1. The molecular weight excluding hydrogens is 396 g/mol. The van der Waals surface area contributed by atoms with E-state index in [0.717, 1.165) is 5.39 Å².